The molecular weight excluding hydrogens is 260 g/mol. The highest BCUT2D eigenvalue weighted by atomic mass is 16.1. The average molecular weight is 278 g/mol. The molecule has 0 radical (unpaired) electrons. The van der Waals surface area contributed by atoms with Crippen LogP contribution in [0.15, 0.2) is 60.8 Å². The van der Waals surface area contributed by atoms with Crippen LogP contribution in [-0.4, -0.2) is 10.9 Å². The first-order chi connectivity index (χ1) is 10.2. The number of benzene rings is 2. The van der Waals surface area contributed by atoms with Crippen LogP contribution in [-0.2, 0) is 11.2 Å². The fraction of sp³-hybridized carbons (Fsp3) is 0.167. The van der Waals surface area contributed by atoms with E-state index in [2.05, 4.69) is 23.2 Å². The highest BCUT2D eigenvalue weighted by molar-refractivity contribution is 5.85. The van der Waals surface area contributed by atoms with Crippen LogP contribution in [0.25, 0.3) is 10.9 Å². The van der Waals surface area contributed by atoms with E-state index in [1.54, 1.807) is 0 Å². The number of carbonyl (C=O) groups excluding carboxylic acids is 1. The van der Waals surface area contributed by atoms with Crippen LogP contribution in [0.2, 0.25) is 0 Å². The van der Waals surface area contributed by atoms with Gasteiger partial charge in [0.25, 0.3) is 0 Å². The van der Waals surface area contributed by atoms with Crippen molar-refractivity contribution in [2.24, 2.45) is 5.73 Å². The molecule has 1 heterocycles. The van der Waals surface area contributed by atoms with E-state index in [9.17, 15) is 4.79 Å². The number of hydrogen-bond acceptors (Lipinski definition) is 1. The number of rotatable bonds is 5. The molecule has 1 aromatic heterocycles. The molecule has 3 nitrogen and oxygen atoms in total. The van der Waals surface area contributed by atoms with Gasteiger partial charge in [0, 0.05) is 23.5 Å². The maximum Gasteiger partial charge on any atom is 0.218 e. The van der Waals surface area contributed by atoms with Gasteiger partial charge in [0.15, 0.2) is 0 Å². The third kappa shape index (κ3) is 2.97. The zero-order valence-electron chi connectivity index (χ0n) is 11.8. The number of hydrogen-bond donors (Lipinski definition) is 2. The lowest BCUT2D eigenvalue weighted by atomic mass is 9.89. The second-order valence-electron chi connectivity index (χ2n) is 5.35. The number of primary amides is 1. The molecule has 106 valence electrons. The van der Waals surface area contributed by atoms with Crippen molar-refractivity contribution in [3.8, 4) is 0 Å². The van der Waals surface area contributed by atoms with Crippen molar-refractivity contribution in [2.45, 2.75) is 18.8 Å². The number of H-pyrrole nitrogens is 1. The number of carbonyl (C=O) groups is 1. The van der Waals surface area contributed by atoms with Crippen LogP contribution in [0.5, 0.6) is 0 Å². The van der Waals surface area contributed by atoms with Crippen LogP contribution in [0.3, 0.4) is 0 Å². The predicted octanol–water partition coefficient (Wildman–Crippen LogP) is 3.37. The van der Waals surface area contributed by atoms with Crippen LogP contribution in [0, 0.1) is 0 Å². The van der Waals surface area contributed by atoms with E-state index < -0.39 is 0 Å². The third-order valence-corrected chi connectivity index (χ3v) is 3.83. The molecule has 21 heavy (non-hydrogen) atoms. The SMILES string of the molecule is NC(=O)C[C@H](Cc1ccccc1)c1c[nH]c2ccccc12. The third-order valence-electron chi connectivity index (χ3n) is 3.83. The van der Waals surface area contributed by atoms with Crippen molar-refractivity contribution in [1.29, 1.82) is 0 Å². The van der Waals surface area contributed by atoms with Gasteiger partial charge in [-0.25, -0.2) is 0 Å². The van der Waals surface area contributed by atoms with Crippen LogP contribution in [0.4, 0.5) is 0 Å². The monoisotopic (exact) mass is 278 g/mol. The Labute approximate surface area is 123 Å². The van der Waals surface area contributed by atoms with Crippen molar-refractivity contribution >= 4 is 16.8 Å². The summed E-state index contributed by atoms with van der Waals surface area (Å²) in [4.78, 5) is 14.7. The smallest absolute Gasteiger partial charge is 0.218 e. The summed E-state index contributed by atoms with van der Waals surface area (Å²) in [7, 11) is 0. The number of para-hydroxylation sites is 1. The molecule has 0 spiro atoms. The average Bonchev–Trinajstić information content (AvgIpc) is 2.91. The van der Waals surface area contributed by atoms with Crippen LogP contribution >= 0.6 is 0 Å². The second-order valence-corrected chi connectivity index (χ2v) is 5.35. The lowest BCUT2D eigenvalue weighted by Crippen LogP contribution is -2.16. The van der Waals surface area contributed by atoms with Crippen molar-refractivity contribution < 1.29 is 4.79 Å². The van der Waals surface area contributed by atoms with Crippen molar-refractivity contribution in [3.63, 3.8) is 0 Å². The number of nitrogens with one attached hydrogen (secondary N) is 1. The van der Waals surface area contributed by atoms with Gasteiger partial charge in [-0.3, -0.25) is 4.79 Å². The van der Waals surface area contributed by atoms with Gasteiger partial charge in [-0.05, 0) is 29.5 Å². The van der Waals surface area contributed by atoms with Crippen LogP contribution < -0.4 is 5.73 Å². The molecule has 1 amide bonds. The molecule has 0 saturated heterocycles. The Morgan fingerprint density at radius 1 is 1.05 bits per heavy atom. The number of amides is 1. The van der Waals surface area contributed by atoms with Gasteiger partial charge in [0.2, 0.25) is 5.91 Å². The normalized spacial score (nSPS) is 12.4. The summed E-state index contributed by atoms with van der Waals surface area (Å²) in [5.41, 5.74) is 8.92. The summed E-state index contributed by atoms with van der Waals surface area (Å²) >= 11 is 0. The summed E-state index contributed by atoms with van der Waals surface area (Å²) in [6.45, 7) is 0. The van der Waals surface area contributed by atoms with Gasteiger partial charge < -0.3 is 10.7 Å². The Balaban J connectivity index is 1.97. The van der Waals surface area contributed by atoms with Gasteiger partial charge in [-0.1, -0.05) is 48.5 Å². The minimum Gasteiger partial charge on any atom is -0.370 e. The summed E-state index contributed by atoms with van der Waals surface area (Å²) in [5, 5.41) is 1.17. The number of aromatic nitrogens is 1. The molecule has 3 rings (SSSR count). The minimum atomic E-state index is -0.263. The van der Waals surface area contributed by atoms with Gasteiger partial charge in [0.05, 0.1) is 0 Å². The fourth-order valence-electron chi connectivity index (χ4n) is 2.87. The van der Waals surface area contributed by atoms with E-state index in [4.69, 9.17) is 5.73 Å². The minimum absolute atomic E-state index is 0.0982. The molecule has 1 atom stereocenters. The van der Waals surface area contributed by atoms with E-state index in [0.29, 0.717) is 6.42 Å². The predicted molar refractivity (Wildman–Crippen MR) is 85.0 cm³/mol. The molecule has 3 aromatic rings. The molecule has 0 saturated carbocycles. The maximum atomic E-state index is 11.4. The Kier molecular flexibility index (Phi) is 3.73. The summed E-state index contributed by atoms with van der Waals surface area (Å²) in [6, 6.07) is 18.4. The quantitative estimate of drug-likeness (QED) is 0.738. The Hall–Kier alpha value is -2.55. The molecule has 0 aliphatic rings. The molecule has 2 aromatic carbocycles. The van der Waals surface area contributed by atoms with Crippen molar-refractivity contribution in [2.75, 3.05) is 0 Å². The first-order valence-electron chi connectivity index (χ1n) is 7.12. The van der Waals surface area contributed by atoms with E-state index in [0.717, 1.165) is 17.5 Å². The highest BCUT2D eigenvalue weighted by Crippen LogP contribution is 2.30. The van der Waals surface area contributed by atoms with Crippen LogP contribution in [0.1, 0.15) is 23.5 Å². The van der Waals surface area contributed by atoms with Gasteiger partial charge >= 0.3 is 0 Å². The first-order valence-corrected chi connectivity index (χ1v) is 7.12. The molecule has 3 heteroatoms. The molecular formula is C18H18N2O. The Morgan fingerprint density at radius 2 is 1.76 bits per heavy atom. The highest BCUT2D eigenvalue weighted by Gasteiger charge is 2.18. The number of aromatic amines is 1. The fourth-order valence-corrected chi connectivity index (χ4v) is 2.87. The topological polar surface area (TPSA) is 58.9 Å². The summed E-state index contributed by atoms with van der Waals surface area (Å²) in [5.74, 6) is -0.165. The zero-order chi connectivity index (χ0) is 14.7. The lowest BCUT2D eigenvalue weighted by molar-refractivity contribution is -0.118. The molecule has 0 aliphatic carbocycles. The largest absolute Gasteiger partial charge is 0.370 e. The standard InChI is InChI=1S/C18H18N2O/c19-18(21)11-14(10-13-6-2-1-3-7-13)16-12-20-17-9-5-4-8-15(16)17/h1-9,12,14,20H,10-11H2,(H2,19,21)/t14-/m0/s1. The molecule has 0 unspecified atom stereocenters. The first kappa shape index (κ1) is 13.4. The maximum absolute atomic E-state index is 11.4. The van der Waals surface area contributed by atoms with E-state index in [-0.39, 0.29) is 11.8 Å². The van der Waals surface area contributed by atoms with Gasteiger partial charge in [-0.15, -0.1) is 0 Å². The van der Waals surface area contributed by atoms with E-state index in [1.165, 1.54) is 10.9 Å². The Morgan fingerprint density at radius 3 is 2.52 bits per heavy atom. The van der Waals surface area contributed by atoms with Gasteiger partial charge in [-0.2, -0.15) is 0 Å². The van der Waals surface area contributed by atoms with E-state index in [1.807, 2.05) is 42.6 Å². The number of fused-ring (bicyclic) bond motifs is 1. The second kappa shape index (κ2) is 5.83. The molecule has 3 N–H and O–H groups in total. The zero-order valence-corrected chi connectivity index (χ0v) is 11.8. The summed E-state index contributed by atoms with van der Waals surface area (Å²) < 4.78 is 0. The molecule has 0 aliphatic heterocycles. The number of nitrogens with two attached hydrogens (primary N) is 1. The van der Waals surface area contributed by atoms with Crippen molar-refractivity contribution in [3.05, 3.63) is 71.9 Å². The van der Waals surface area contributed by atoms with Gasteiger partial charge in [0.1, 0.15) is 0 Å². The lowest BCUT2D eigenvalue weighted by Gasteiger charge is -2.15. The summed E-state index contributed by atoms with van der Waals surface area (Å²) in [6.07, 6.45) is 3.17. The molecule has 0 fully saturated rings. The van der Waals surface area contributed by atoms with E-state index >= 15 is 0 Å². The Bertz CT molecular complexity index is 746. The molecule has 0 bridgehead atoms. The van der Waals surface area contributed by atoms with Crippen molar-refractivity contribution in [1.82, 2.24) is 4.98 Å².